The number of nitrogens with one attached hydrogen (secondary N) is 1. The zero-order chi connectivity index (χ0) is 20.8. The van der Waals surface area contributed by atoms with Crippen LogP contribution in [0.25, 0.3) is 9.88 Å². The summed E-state index contributed by atoms with van der Waals surface area (Å²) in [7, 11) is 0. The minimum atomic E-state index is -0.0975. The second-order valence-corrected chi connectivity index (χ2v) is 8.91. The van der Waals surface area contributed by atoms with E-state index in [4.69, 9.17) is 0 Å². The summed E-state index contributed by atoms with van der Waals surface area (Å²) in [5.41, 5.74) is 1.96. The Bertz CT molecular complexity index is 964. The maximum absolute atomic E-state index is 12.5. The third-order valence-corrected chi connectivity index (χ3v) is 6.97. The lowest BCUT2D eigenvalue weighted by atomic mass is 10.2. The highest BCUT2D eigenvalue weighted by atomic mass is 32.1. The van der Waals surface area contributed by atoms with Crippen LogP contribution in [0.4, 0.5) is 5.69 Å². The molecule has 0 unspecified atom stereocenters. The maximum atomic E-state index is 12.5. The Morgan fingerprint density at radius 1 is 1.00 bits per heavy atom. The van der Waals surface area contributed by atoms with Gasteiger partial charge in [0.05, 0.1) is 17.0 Å². The van der Waals surface area contributed by atoms with E-state index >= 15 is 0 Å². The molecule has 3 aromatic rings. The molecule has 0 bridgehead atoms. The lowest BCUT2D eigenvalue weighted by molar-refractivity contribution is -0.131. The number of hydrogen-bond acceptors (Lipinski definition) is 6. The number of aromatic nitrogens is 1. The summed E-state index contributed by atoms with van der Waals surface area (Å²) in [6.07, 6.45) is 0.570. The molecule has 1 aliphatic heterocycles. The lowest BCUT2D eigenvalue weighted by Crippen LogP contribution is -2.49. The van der Waals surface area contributed by atoms with Crippen LogP contribution in [0.2, 0.25) is 0 Å². The largest absolute Gasteiger partial charge is 0.368 e. The Labute approximate surface area is 184 Å². The summed E-state index contributed by atoms with van der Waals surface area (Å²) < 4.78 is 0. The number of carbonyl (C=O) groups is 2. The SMILES string of the molecule is O=C(Cc1csc(-c2cccs2)n1)NCCC(=O)N1CCN(c2ccccc2)CC1. The number of anilines is 1. The molecule has 8 heteroatoms. The standard InChI is InChI=1S/C22H24N4O2S2/c27-20(15-17-16-30-22(24-17)19-7-4-14-29-19)23-9-8-21(28)26-12-10-25(11-13-26)18-5-2-1-3-6-18/h1-7,14,16H,8-13,15H2,(H,23,27). The molecule has 1 aliphatic rings. The van der Waals surface area contributed by atoms with Crippen molar-refractivity contribution in [1.82, 2.24) is 15.2 Å². The Morgan fingerprint density at radius 2 is 1.80 bits per heavy atom. The van der Waals surface area contributed by atoms with Crippen molar-refractivity contribution in [2.75, 3.05) is 37.6 Å². The van der Waals surface area contributed by atoms with Crippen molar-refractivity contribution < 1.29 is 9.59 Å². The van der Waals surface area contributed by atoms with Crippen molar-refractivity contribution in [2.45, 2.75) is 12.8 Å². The van der Waals surface area contributed by atoms with Gasteiger partial charge in [0.2, 0.25) is 11.8 Å². The van der Waals surface area contributed by atoms with E-state index in [1.54, 1.807) is 22.7 Å². The number of carbonyl (C=O) groups excluding carboxylic acids is 2. The van der Waals surface area contributed by atoms with E-state index in [0.29, 0.717) is 26.1 Å². The van der Waals surface area contributed by atoms with Crippen LogP contribution in [0.5, 0.6) is 0 Å². The molecule has 30 heavy (non-hydrogen) atoms. The minimum Gasteiger partial charge on any atom is -0.368 e. The third kappa shape index (κ3) is 5.25. The molecule has 1 saturated heterocycles. The Morgan fingerprint density at radius 3 is 2.53 bits per heavy atom. The van der Waals surface area contributed by atoms with Gasteiger partial charge in [-0.3, -0.25) is 9.59 Å². The van der Waals surface area contributed by atoms with Gasteiger partial charge in [0.1, 0.15) is 5.01 Å². The smallest absolute Gasteiger partial charge is 0.226 e. The molecule has 4 rings (SSSR count). The summed E-state index contributed by atoms with van der Waals surface area (Å²) in [6.45, 7) is 3.45. The summed E-state index contributed by atoms with van der Waals surface area (Å²) in [5, 5.41) is 7.73. The molecule has 1 aromatic carbocycles. The van der Waals surface area contributed by atoms with E-state index in [-0.39, 0.29) is 18.2 Å². The molecule has 1 N–H and O–H groups in total. The first-order chi connectivity index (χ1) is 14.7. The zero-order valence-corrected chi connectivity index (χ0v) is 18.3. The number of thiophene rings is 1. The van der Waals surface area contributed by atoms with E-state index in [9.17, 15) is 9.59 Å². The second kappa shape index (κ2) is 9.86. The number of benzene rings is 1. The summed E-state index contributed by atoms with van der Waals surface area (Å²) in [5.74, 6) is -0.00335. The molecule has 2 aromatic heterocycles. The van der Waals surface area contributed by atoms with Crippen molar-refractivity contribution in [3.8, 4) is 9.88 Å². The van der Waals surface area contributed by atoms with Crippen molar-refractivity contribution in [1.29, 1.82) is 0 Å². The number of hydrogen-bond donors (Lipinski definition) is 1. The Hall–Kier alpha value is -2.71. The highest BCUT2D eigenvalue weighted by Gasteiger charge is 2.21. The number of para-hydroxylation sites is 1. The fourth-order valence-electron chi connectivity index (χ4n) is 3.45. The van der Waals surface area contributed by atoms with E-state index < -0.39 is 0 Å². The van der Waals surface area contributed by atoms with Gasteiger partial charge in [0, 0.05) is 50.2 Å². The number of nitrogens with zero attached hydrogens (tertiary/aromatic N) is 3. The van der Waals surface area contributed by atoms with Gasteiger partial charge in [-0.1, -0.05) is 24.3 Å². The van der Waals surface area contributed by atoms with Gasteiger partial charge < -0.3 is 15.1 Å². The van der Waals surface area contributed by atoms with E-state index in [2.05, 4.69) is 27.3 Å². The third-order valence-electron chi connectivity index (χ3n) is 5.04. The predicted octanol–water partition coefficient (Wildman–Crippen LogP) is 3.27. The molecule has 0 saturated carbocycles. The lowest BCUT2D eigenvalue weighted by Gasteiger charge is -2.36. The second-order valence-electron chi connectivity index (χ2n) is 7.10. The van der Waals surface area contributed by atoms with Crippen LogP contribution in [-0.4, -0.2) is 54.4 Å². The molecule has 0 atom stereocenters. The number of thiazole rings is 1. The van der Waals surface area contributed by atoms with Crippen molar-refractivity contribution in [3.05, 3.63) is 58.9 Å². The van der Waals surface area contributed by atoms with Crippen LogP contribution >= 0.6 is 22.7 Å². The van der Waals surface area contributed by atoms with Gasteiger partial charge >= 0.3 is 0 Å². The average Bonchev–Trinajstić information content (AvgIpc) is 3.46. The van der Waals surface area contributed by atoms with Crippen LogP contribution in [0.15, 0.2) is 53.2 Å². The van der Waals surface area contributed by atoms with E-state index in [1.807, 2.05) is 46.0 Å². The van der Waals surface area contributed by atoms with Crippen LogP contribution in [-0.2, 0) is 16.0 Å². The molecule has 0 radical (unpaired) electrons. The highest BCUT2D eigenvalue weighted by Crippen LogP contribution is 2.27. The zero-order valence-electron chi connectivity index (χ0n) is 16.6. The van der Waals surface area contributed by atoms with Gasteiger partial charge in [0.15, 0.2) is 0 Å². The normalized spacial score (nSPS) is 14.0. The first kappa shape index (κ1) is 20.6. The first-order valence-corrected chi connectivity index (χ1v) is 11.8. The van der Waals surface area contributed by atoms with Crippen molar-refractivity contribution in [2.24, 2.45) is 0 Å². The molecule has 1 fully saturated rings. The molecule has 156 valence electrons. The number of rotatable bonds is 7. The quantitative estimate of drug-likeness (QED) is 0.612. The highest BCUT2D eigenvalue weighted by molar-refractivity contribution is 7.20. The van der Waals surface area contributed by atoms with E-state index in [0.717, 1.165) is 28.7 Å². The topological polar surface area (TPSA) is 65.5 Å². The van der Waals surface area contributed by atoms with Gasteiger partial charge in [-0.15, -0.1) is 22.7 Å². The molecule has 3 heterocycles. The van der Waals surface area contributed by atoms with Gasteiger partial charge in [-0.05, 0) is 23.6 Å². The Balaban J connectivity index is 1.16. The molecule has 2 amide bonds. The fraction of sp³-hybridized carbons (Fsp3) is 0.318. The molecule has 0 spiro atoms. The van der Waals surface area contributed by atoms with Gasteiger partial charge in [-0.25, -0.2) is 4.98 Å². The van der Waals surface area contributed by atoms with E-state index in [1.165, 1.54) is 5.69 Å². The van der Waals surface area contributed by atoms with Crippen LogP contribution in [0.1, 0.15) is 12.1 Å². The number of piperazine rings is 1. The molecular weight excluding hydrogens is 416 g/mol. The van der Waals surface area contributed by atoms with Crippen molar-refractivity contribution >= 4 is 40.2 Å². The average molecular weight is 441 g/mol. The Kier molecular flexibility index (Phi) is 6.76. The summed E-state index contributed by atoms with van der Waals surface area (Å²) in [4.78, 5) is 34.5. The molecule has 6 nitrogen and oxygen atoms in total. The summed E-state index contributed by atoms with van der Waals surface area (Å²) in [6, 6.07) is 14.3. The molecule has 0 aliphatic carbocycles. The monoisotopic (exact) mass is 440 g/mol. The van der Waals surface area contributed by atoms with Crippen LogP contribution in [0.3, 0.4) is 0 Å². The maximum Gasteiger partial charge on any atom is 0.226 e. The predicted molar refractivity (Wildman–Crippen MR) is 122 cm³/mol. The number of amides is 2. The summed E-state index contributed by atoms with van der Waals surface area (Å²) >= 11 is 3.19. The van der Waals surface area contributed by atoms with Crippen molar-refractivity contribution in [3.63, 3.8) is 0 Å². The fourth-order valence-corrected chi connectivity index (χ4v) is 5.08. The minimum absolute atomic E-state index is 0.0941. The first-order valence-electron chi connectivity index (χ1n) is 10.0. The van der Waals surface area contributed by atoms with Gasteiger partial charge in [0.25, 0.3) is 0 Å². The van der Waals surface area contributed by atoms with Crippen LogP contribution < -0.4 is 10.2 Å². The van der Waals surface area contributed by atoms with Gasteiger partial charge in [-0.2, -0.15) is 0 Å². The molecular formula is C22H24N4O2S2. The van der Waals surface area contributed by atoms with Crippen LogP contribution in [0, 0.1) is 0 Å².